The van der Waals surface area contributed by atoms with Gasteiger partial charge in [-0.2, -0.15) is 0 Å². The molecule has 10 aromatic rings. The molecule has 0 spiro atoms. The van der Waals surface area contributed by atoms with Crippen LogP contribution in [0.15, 0.2) is 218 Å². The highest BCUT2D eigenvalue weighted by Crippen LogP contribution is 2.46. The van der Waals surface area contributed by atoms with Gasteiger partial charge in [0, 0.05) is 23.0 Å². The fourth-order valence-electron chi connectivity index (χ4n) is 9.39. The predicted molar refractivity (Wildman–Crippen MR) is 284 cm³/mol. The largest absolute Gasteiger partial charge is 0.242 e. The van der Waals surface area contributed by atoms with E-state index in [1.54, 1.807) is 11.3 Å². The minimum Gasteiger partial charge on any atom is -0.242 e. The zero-order chi connectivity index (χ0) is 46.1. The molecule has 0 aliphatic carbocycles. The van der Waals surface area contributed by atoms with Crippen molar-refractivity contribution in [1.82, 2.24) is 9.97 Å². The quantitative estimate of drug-likeness (QED) is 0.128. The van der Waals surface area contributed by atoms with Crippen molar-refractivity contribution in [2.75, 3.05) is 0 Å². The van der Waals surface area contributed by atoms with E-state index in [-0.39, 0.29) is 22.7 Å². The summed E-state index contributed by atoms with van der Waals surface area (Å²) in [5.74, 6) is 0.178. The molecule has 0 fully saturated rings. The van der Waals surface area contributed by atoms with Crippen molar-refractivity contribution in [1.29, 1.82) is 0 Å². The Balaban J connectivity index is 1.17. The van der Waals surface area contributed by atoms with Crippen LogP contribution in [0.25, 0.3) is 54.4 Å². The van der Waals surface area contributed by atoms with Crippen LogP contribution in [0.2, 0.25) is 0 Å². The highest BCUT2D eigenvalue weighted by molar-refractivity contribution is 7.20. The normalized spacial score (nSPS) is 12.0. The number of rotatable bonds is 10. The molecule has 0 bridgehead atoms. The molecule has 8 aromatic carbocycles. The summed E-state index contributed by atoms with van der Waals surface area (Å²) in [5.41, 5.74) is 18.1. The molecular weight excluding hydrogens is 829 g/mol. The van der Waals surface area contributed by atoms with Crippen molar-refractivity contribution < 1.29 is 0 Å². The first-order valence-electron chi connectivity index (χ1n) is 23.5. The third-order valence-corrected chi connectivity index (χ3v) is 14.4. The lowest BCUT2D eigenvalue weighted by Gasteiger charge is -2.20. The van der Waals surface area contributed by atoms with Gasteiger partial charge in [-0.3, -0.25) is 0 Å². The maximum Gasteiger partial charge on any atom is 0.109 e. The molecule has 2 aromatic heterocycles. The van der Waals surface area contributed by atoms with Gasteiger partial charge in [-0.15, -0.1) is 11.3 Å². The lowest BCUT2D eigenvalue weighted by Crippen LogP contribution is -2.10. The van der Waals surface area contributed by atoms with Gasteiger partial charge in [0.1, 0.15) is 11.0 Å². The van der Waals surface area contributed by atoms with Crippen LogP contribution < -0.4 is 0 Å². The van der Waals surface area contributed by atoms with Crippen LogP contribution >= 0.6 is 11.3 Å². The van der Waals surface area contributed by atoms with E-state index in [4.69, 9.17) is 9.97 Å². The Morgan fingerprint density at radius 3 is 0.821 bits per heavy atom. The molecule has 0 amide bonds. The molecule has 0 aliphatic rings. The molecule has 0 radical (unpaired) electrons. The Kier molecular flexibility index (Phi) is 11.9. The van der Waals surface area contributed by atoms with Crippen molar-refractivity contribution in [3.63, 3.8) is 0 Å². The van der Waals surface area contributed by atoms with Crippen LogP contribution in [0.5, 0.6) is 0 Å². The van der Waals surface area contributed by atoms with Gasteiger partial charge < -0.3 is 0 Å². The predicted octanol–water partition coefficient (Wildman–Crippen LogP) is 17.3. The third-order valence-electron chi connectivity index (χ3n) is 13.1. The Bertz CT molecular complexity index is 2930. The molecule has 10 rings (SSSR count). The SMILES string of the molecule is CC(C)(C)c1ccc(-c2sc(-c3ccc(C(C)(C)C)cc3)c3nc(-c4ccc(C(c5ccccc5)c5ccccc5)cc4)c(-c4ccc(C(c5ccccc5)c5ccccc5)cc4)nc23)cc1. The summed E-state index contributed by atoms with van der Waals surface area (Å²) in [7, 11) is 0. The Morgan fingerprint density at radius 2 is 0.552 bits per heavy atom. The molecule has 67 heavy (non-hydrogen) atoms. The second kappa shape index (κ2) is 18.2. The first-order chi connectivity index (χ1) is 32.5. The van der Waals surface area contributed by atoms with E-state index in [2.05, 4.69) is 260 Å². The van der Waals surface area contributed by atoms with Crippen LogP contribution in [-0.2, 0) is 10.8 Å². The van der Waals surface area contributed by atoms with Crippen molar-refractivity contribution in [2.24, 2.45) is 0 Å². The summed E-state index contributed by atoms with van der Waals surface area (Å²) in [6, 6.07) is 79.5. The number of fused-ring (bicyclic) bond motifs is 1. The van der Waals surface area contributed by atoms with Crippen LogP contribution in [0.1, 0.15) is 97.9 Å². The molecule has 0 N–H and O–H groups in total. The maximum atomic E-state index is 5.76. The van der Waals surface area contributed by atoms with E-state index in [0.717, 1.165) is 54.4 Å². The second-order valence-corrected chi connectivity index (χ2v) is 20.8. The Labute approximate surface area is 400 Å². The average Bonchev–Trinajstić information content (AvgIpc) is 3.74. The number of nitrogens with zero attached hydrogens (tertiary/aromatic N) is 2. The summed E-state index contributed by atoms with van der Waals surface area (Å²) in [5, 5.41) is 0. The van der Waals surface area contributed by atoms with Crippen molar-refractivity contribution in [3.8, 4) is 43.4 Å². The molecule has 2 heterocycles. The Hall–Kier alpha value is -7.20. The van der Waals surface area contributed by atoms with Gasteiger partial charge >= 0.3 is 0 Å². The first-order valence-corrected chi connectivity index (χ1v) is 24.3. The van der Waals surface area contributed by atoms with Crippen LogP contribution in [0, 0.1) is 0 Å². The Morgan fingerprint density at radius 1 is 0.299 bits per heavy atom. The van der Waals surface area contributed by atoms with Gasteiger partial charge in [0.25, 0.3) is 0 Å². The lowest BCUT2D eigenvalue weighted by molar-refractivity contribution is 0.590. The van der Waals surface area contributed by atoms with E-state index < -0.39 is 0 Å². The van der Waals surface area contributed by atoms with Crippen molar-refractivity contribution >= 4 is 22.4 Å². The minimum absolute atomic E-state index is 0.0435. The molecule has 0 aliphatic heterocycles. The molecular formula is C64H56N2S. The van der Waals surface area contributed by atoms with Crippen molar-refractivity contribution in [3.05, 3.63) is 263 Å². The smallest absolute Gasteiger partial charge is 0.109 e. The van der Waals surface area contributed by atoms with Gasteiger partial charge in [0.15, 0.2) is 0 Å². The lowest BCUT2D eigenvalue weighted by atomic mass is 9.84. The highest BCUT2D eigenvalue weighted by Gasteiger charge is 2.25. The van der Waals surface area contributed by atoms with Gasteiger partial charge in [-0.25, -0.2) is 9.97 Å². The van der Waals surface area contributed by atoms with Crippen LogP contribution in [0.4, 0.5) is 0 Å². The van der Waals surface area contributed by atoms with E-state index >= 15 is 0 Å². The van der Waals surface area contributed by atoms with Gasteiger partial charge in [-0.1, -0.05) is 260 Å². The zero-order valence-electron chi connectivity index (χ0n) is 39.2. The van der Waals surface area contributed by atoms with Gasteiger partial charge in [-0.05, 0) is 66.5 Å². The maximum absolute atomic E-state index is 5.76. The number of thiophene rings is 1. The zero-order valence-corrected chi connectivity index (χ0v) is 40.1. The van der Waals surface area contributed by atoms with Crippen LogP contribution in [0.3, 0.4) is 0 Å². The molecule has 3 heteroatoms. The summed E-state index contributed by atoms with van der Waals surface area (Å²) >= 11 is 1.79. The fraction of sp³-hybridized carbons (Fsp3) is 0.156. The van der Waals surface area contributed by atoms with Crippen LogP contribution in [-0.4, -0.2) is 9.97 Å². The summed E-state index contributed by atoms with van der Waals surface area (Å²) in [6.45, 7) is 13.6. The number of aromatic nitrogens is 2. The standard InChI is InChI=1S/C64H56N2S/c1-63(2,3)53-39-35-51(36-40-53)61-59-60(62(67-61)52-37-41-54(42-38-52)64(4,5)6)66-58(50-33-29-48(30-34-50)56(45-23-15-9-16-24-45)46-25-17-10-18-26-46)57(65-59)49-31-27-47(28-32-49)55(43-19-11-7-12-20-43)44-21-13-8-14-22-44/h7-42,55-56H,1-6H3. The molecule has 2 nitrogen and oxygen atoms in total. The number of benzene rings is 8. The van der Waals surface area contributed by atoms with E-state index in [1.165, 1.54) is 44.5 Å². The summed E-state index contributed by atoms with van der Waals surface area (Å²) in [6.07, 6.45) is 0. The molecule has 0 atom stereocenters. The fourth-order valence-corrected chi connectivity index (χ4v) is 10.6. The monoisotopic (exact) mass is 884 g/mol. The second-order valence-electron chi connectivity index (χ2n) is 19.8. The van der Waals surface area contributed by atoms with Crippen molar-refractivity contribution in [2.45, 2.75) is 64.2 Å². The summed E-state index contributed by atoms with van der Waals surface area (Å²) < 4.78 is 0. The highest BCUT2D eigenvalue weighted by atomic mass is 32.1. The summed E-state index contributed by atoms with van der Waals surface area (Å²) in [4.78, 5) is 13.8. The van der Waals surface area contributed by atoms with E-state index in [1.807, 2.05) is 0 Å². The van der Waals surface area contributed by atoms with E-state index in [9.17, 15) is 0 Å². The minimum atomic E-state index is 0.0435. The van der Waals surface area contributed by atoms with Gasteiger partial charge in [0.2, 0.25) is 0 Å². The molecule has 0 unspecified atom stereocenters. The molecule has 0 saturated heterocycles. The number of hydrogen-bond acceptors (Lipinski definition) is 3. The average molecular weight is 885 g/mol. The topological polar surface area (TPSA) is 25.8 Å². The van der Waals surface area contributed by atoms with E-state index in [0.29, 0.717) is 0 Å². The molecule has 328 valence electrons. The number of hydrogen-bond donors (Lipinski definition) is 0. The van der Waals surface area contributed by atoms with Gasteiger partial charge in [0.05, 0.1) is 21.1 Å². The first kappa shape index (κ1) is 43.7. The third kappa shape index (κ3) is 9.05. The molecule has 0 saturated carbocycles.